The fourth-order valence-corrected chi connectivity index (χ4v) is 2.83. The van der Waals surface area contributed by atoms with Gasteiger partial charge in [-0.3, -0.25) is 5.32 Å². The van der Waals surface area contributed by atoms with E-state index in [0.717, 1.165) is 17.5 Å². The molecule has 0 bridgehead atoms. The predicted molar refractivity (Wildman–Crippen MR) is 105 cm³/mol. The Morgan fingerprint density at radius 1 is 1.23 bits per heavy atom. The molecule has 1 unspecified atom stereocenters. The van der Waals surface area contributed by atoms with E-state index in [0.29, 0.717) is 23.1 Å². The Hall–Kier alpha value is -2.08. The third-order valence-electron chi connectivity index (χ3n) is 4.20. The monoisotopic (exact) mass is 376 g/mol. The summed E-state index contributed by atoms with van der Waals surface area (Å²) in [6.45, 7) is 2.58. The number of hydrogen-bond acceptors (Lipinski definition) is 4. The molecule has 6 heteroatoms. The Kier molecular flexibility index (Phi) is 7.45. The SMILES string of the molecule is COCC(Cc1cc(NC(=O)Oc2ccccc2)cc(Cl)c1C)N(C)C. The van der Waals surface area contributed by atoms with E-state index in [-0.39, 0.29) is 6.04 Å². The first kappa shape index (κ1) is 20.2. The molecule has 2 rings (SSSR count). The van der Waals surface area contributed by atoms with Crippen molar-refractivity contribution in [3.8, 4) is 5.75 Å². The highest BCUT2D eigenvalue weighted by Gasteiger charge is 2.16. The van der Waals surface area contributed by atoms with Crippen molar-refractivity contribution in [2.24, 2.45) is 0 Å². The molecule has 0 saturated carbocycles. The number of likely N-dealkylation sites (N-methyl/N-ethyl adjacent to an activating group) is 1. The zero-order valence-electron chi connectivity index (χ0n) is 15.6. The van der Waals surface area contributed by atoms with Crippen molar-refractivity contribution < 1.29 is 14.3 Å². The summed E-state index contributed by atoms with van der Waals surface area (Å²) < 4.78 is 10.6. The summed E-state index contributed by atoms with van der Waals surface area (Å²) in [5.74, 6) is 0.483. The first-order valence-corrected chi connectivity index (χ1v) is 8.76. The summed E-state index contributed by atoms with van der Waals surface area (Å²) in [5, 5.41) is 3.35. The number of halogens is 1. The van der Waals surface area contributed by atoms with Crippen LogP contribution in [-0.4, -0.2) is 44.8 Å². The third kappa shape index (κ3) is 5.73. The van der Waals surface area contributed by atoms with E-state index in [1.54, 1.807) is 37.4 Å². The molecule has 0 radical (unpaired) electrons. The molecular weight excluding hydrogens is 352 g/mol. The van der Waals surface area contributed by atoms with E-state index in [2.05, 4.69) is 10.2 Å². The van der Waals surface area contributed by atoms with Gasteiger partial charge in [0.1, 0.15) is 5.75 Å². The molecular formula is C20H25ClN2O3. The van der Waals surface area contributed by atoms with Gasteiger partial charge in [-0.1, -0.05) is 29.8 Å². The van der Waals surface area contributed by atoms with Crippen LogP contribution in [0, 0.1) is 6.92 Å². The topological polar surface area (TPSA) is 50.8 Å². The molecule has 140 valence electrons. The van der Waals surface area contributed by atoms with Gasteiger partial charge in [0.2, 0.25) is 0 Å². The molecule has 1 atom stereocenters. The van der Waals surface area contributed by atoms with Crippen molar-refractivity contribution in [2.75, 3.05) is 33.1 Å². The standard InChI is InChI=1S/C20H25ClN2O3/c1-14-15(11-17(13-25-4)23(2)3)10-16(12-19(14)21)22-20(24)26-18-8-6-5-7-9-18/h5-10,12,17H,11,13H2,1-4H3,(H,22,24). The Morgan fingerprint density at radius 3 is 2.54 bits per heavy atom. The first-order chi connectivity index (χ1) is 12.4. The maximum absolute atomic E-state index is 12.1. The van der Waals surface area contributed by atoms with E-state index in [9.17, 15) is 4.79 Å². The van der Waals surface area contributed by atoms with Crippen LogP contribution in [0.1, 0.15) is 11.1 Å². The van der Waals surface area contributed by atoms with Crippen LogP contribution in [0.5, 0.6) is 5.75 Å². The van der Waals surface area contributed by atoms with Gasteiger partial charge in [0.05, 0.1) is 6.61 Å². The number of nitrogens with one attached hydrogen (secondary N) is 1. The van der Waals surface area contributed by atoms with Crippen LogP contribution in [0.3, 0.4) is 0 Å². The zero-order chi connectivity index (χ0) is 19.1. The summed E-state index contributed by atoms with van der Waals surface area (Å²) in [6.07, 6.45) is 0.207. The number of carbonyl (C=O) groups is 1. The highest BCUT2D eigenvalue weighted by Crippen LogP contribution is 2.26. The van der Waals surface area contributed by atoms with Gasteiger partial charge < -0.3 is 14.4 Å². The second-order valence-corrected chi connectivity index (χ2v) is 6.75. The Balaban J connectivity index is 2.14. The molecule has 2 aromatic rings. The first-order valence-electron chi connectivity index (χ1n) is 8.39. The molecule has 0 heterocycles. The van der Waals surface area contributed by atoms with E-state index < -0.39 is 6.09 Å². The number of anilines is 1. The number of nitrogens with zero attached hydrogens (tertiary/aromatic N) is 1. The average Bonchev–Trinajstić information content (AvgIpc) is 2.59. The highest BCUT2D eigenvalue weighted by molar-refractivity contribution is 6.31. The molecule has 1 N–H and O–H groups in total. The van der Waals surface area contributed by atoms with Gasteiger partial charge in [0.15, 0.2) is 0 Å². The number of carbonyl (C=O) groups excluding carboxylic acids is 1. The van der Waals surface area contributed by atoms with Crippen LogP contribution < -0.4 is 10.1 Å². The normalized spacial score (nSPS) is 12.1. The van der Waals surface area contributed by atoms with E-state index >= 15 is 0 Å². The molecule has 0 aliphatic carbocycles. The number of methoxy groups -OCH3 is 1. The van der Waals surface area contributed by atoms with Crippen LogP contribution >= 0.6 is 11.6 Å². The Bertz CT molecular complexity index is 735. The summed E-state index contributed by atoms with van der Waals surface area (Å²) in [5.41, 5.74) is 2.66. The number of rotatable bonds is 7. The quantitative estimate of drug-likeness (QED) is 0.779. The van der Waals surface area contributed by atoms with Gasteiger partial charge >= 0.3 is 6.09 Å². The number of amides is 1. The molecule has 1 amide bonds. The van der Waals surface area contributed by atoms with Gasteiger partial charge in [0, 0.05) is 23.9 Å². The van der Waals surface area contributed by atoms with Crippen LogP contribution in [0.15, 0.2) is 42.5 Å². The molecule has 0 spiro atoms. The lowest BCUT2D eigenvalue weighted by atomic mass is 10.00. The summed E-state index contributed by atoms with van der Waals surface area (Å²) in [6, 6.07) is 12.8. The summed E-state index contributed by atoms with van der Waals surface area (Å²) in [4.78, 5) is 14.2. The van der Waals surface area contributed by atoms with Gasteiger partial charge in [0.25, 0.3) is 0 Å². The van der Waals surface area contributed by atoms with Crippen molar-refractivity contribution in [2.45, 2.75) is 19.4 Å². The largest absolute Gasteiger partial charge is 0.417 e. The lowest BCUT2D eigenvalue weighted by Gasteiger charge is -2.25. The fraction of sp³-hybridized carbons (Fsp3) is 0.350. The summed E-state index contributed by atoms with van der Waals surface area (Å²) >= 11 is 6.37. The van der Waals surface area contributed by atoms with Crippen molar-refractivity contribution in [3.63, 3.8) is 0 Å². The molecule has 2 aromatic carbocycles. The van der Waals surface area contributed by atoms with Crippen molar-refractivity contribution in [1.29, 1.82) is 0 Å². The van der Waals surface area contributed by atoms with Crippen molar-refractivity contribution in [3.05, 3.63) is 58.6 Å². The third-order valence-corrected chi connectivity index (χ3v) is 4.59. The van der Waals surface area contributed by atoms with Gasteiger partial charge in [-0.15, -0.1) is 0 Å². The van der Waals surface area contributed by atoms with Crippen LogP contribution in [0.2, 0.25) is 5.02 Å². The van der Waals surface area contributed by atoms with Gasteiger partial charge in [-0.25, -0.2) is 4.79 Å². The lowest BCUT2D eigenvalue weighted by Crippen LogP contribution is -2.34. The van der Waals surface area contributed by atoms with Crippen LogP contribution in [0.4, 0.5) is 10.5 Å². The van der Waals surface area contributed by atoms with Crippen molar-refractivity contribution >= 4 is 23.4 Å². The molecule has 0 fully saturated rings. The zero-order valence-corrected chi connectivity index (χ0v) is 16.3. The van der Waals surface area contributed by atoms with E-state index in [4.69, 9.17) is 21.1 Å². The minimum atomic E-state index is -0.553. The predicted octanol–water partition coefficient (Wildman–Crippen LogP) is 4.38. The Labute approximate surface area is 159 Å². The molecule has 0 aromatic heterocycles. The smallest absolute Gasteiger partial charge is 0.410 e. The van der Waals surface area contributed by atoms with E-state index in [1.165, 1.54) is 0 Å². The Morgan fingerprint density at radius 2 is 1.92 bits per heavy atom. The second kappa shape index (κ2) is 9.57. The maximum Gasteiger partial charge on any atom is 0.417 e. The van der Waals surface area contributed by atoms with Gasteiger partial charge in [-0.05, 0) is 62.8 Å². The fourth-order valence-electron chi connectivity index (χ4n) is 2.60. The minimum absolute atomic E-state index is 0.210. The number of para-hydroxylation sites is 1. The number of ether oxygens (including phenoxy) is 2. The second-order valence-electron chi connectivity index (χ2n) is 6.35. The molecule has 0 saturated heterocycles. The molecule has 0 aliphatic heterocycles. The highest BCUT2D eigenvalue weighted by atomic mass is 35.5. The van der Waals surface area contributed by atoms with Gasteiger partial charge in [-0.2, -0.15) is 0 Å². The molecule has 0 aliphatic rings. The summed E-state index contributed by atoms with van der Waals surface area (Å²) in [7, 11) is 5.72. The van der Waals surface area contributed by atoms with E-state index in [1.807, 2.05) is 33.2 Å². The lowest BCUT2D eigenvalue weighted by molar-refractivity contribution is 0.120. The molecule has 26 heavy (non-hydrogen) atoms. The van der Waals surface area contributed by atoms with Crippen LogP contribution in [-0.2, 0) is 11.2 Å². The average molecular weight is 377 g/mol. The van der Waals surface area contributed by atoms with Crippen molar-refractivity contribution in [1.82, 2.24) is 4.90 Å². The minimum Gasteiger partial charge on any atom is -0.410 e. The number of hydrogen-bond donors (Lipinski definition) is 1. The number of benzene rings is 2. The molecule has 5 nitrogen and oxygen atoms in total. The maximum atomic E-state index is 12.1. The van der Waals surface area contributed by atoms with Crippen LogP contribution in [0.25, 0.3) is 0 Å².